The lowest BCUT2D eigenvalue weighted by atomic mass is 10.2. The van der Waals surface area contributed by atoms with Crippen LogP contribution in [0.2, 0.25) is 0 Å². The Morgan fingerprint density at radius 2 is 2.19 bits per heavy atom. The topological polar surface area (TPSA) is 68.5 Å². The molecule has 21 heavy (non-hydrogen) atoms. The number of amides is 1. The molecule has 0 saturated carbocycles. The van der Waals surface area contributed by atoms with Crippen molar-refractivity contribution in [3.05, 3.63) is 29.6 Å². The quantitative estimate of drug-likeness (QED) is 0.894. The smallest absolute Gasteiger partial charge is 0.370 e. The summed E-state index contributed by atoms with van der Waals surface area (Å²) >= 11 is 0. The summed E-state index contributed by atoms with van der Waals surface area (Å²) in [7, 11) is 0. The van der Waals surface area contributed by atoms with Crippen LogP contribution in [-0.4, -0.2) is 47.6 Å². The number of nitrogens with zero attached hydrogens (tertiary/aromatic N) is 2. The number of carbonyl (C=O) groups excluding carboxylic acids is 1. The molecule has 2 N–H and O–H groups in total. The number of aromatic nitrogens is 1. The molecule has 0 bridgehead atoms. The second-order valence-electron chi connectivity index (χ2n) is 4.94. The molecule has 2 unspecified atom stereocenters. The van der Waals surface area contributed by atoms with E-state index in [0.717, 1.165) is 12.1 Å². The fourth-order valence-electron chi connectivity index (χ4n) is 2.19. The van der Waals surface area contributed by atoms with Gasteiger partial charge in [0.05, 0.1) is 17.8 Å². The van der Waals surface area contributed by atoms with E-state index in [1.54, 1.807) is 0 Å². The van der Waals surface area contributed by atoms with Gasteiger partial charge in [-0.1, -0.05) is 0 Å². The van der Waals surface area contributed by atoms with Gasteiger partial charge in [-0.25, -0.2) is 0 Å². The minimum Gasteiger partial charge on any atom is -0.370 e. The largest absolute Gasteiger partial charge is 0.417 e. The van der Waals surface area contributed by atoms with E-state index in [1.165, 1.54) is 4.90 Å². The van der Waals surface area contributed by atoms with E-state index in [4.69, 9.17) is 10.5 Å². The molecule has 2 atom stereocenters. The summed E-state index contributed by atoms with van der Waals surface area (Å²) in [5.41, 5.74) is 4.63. The zero-order chi connectivity index (χ0) is 15.6. The van der Waals surface area contributed by atoms with E-state index < -0.39 is 17.6 Å². The van der Waals surface area contributed by atoms with E-state index in [1.807, 2.05) is 6.92 Å². The molecule has 0 spiro atoms. The molecular formula is C13H16F3N3O2. The summed E-state index contributed by atoms with van der Waals surface area (Å²) < 4.78 is 42.9. The number of hydrogen-bond acceptors (Lipinski definition) is 4. The third-order valence-electron chi connectivity index (χ3n) is 3.19. The minimum atomic E-state index is -4.47. The molecule has 5 nitrogen and oxygen atoms in total. The molecule has 1 amide bonds. The Labute approximate surface area is 119 Å². The number of rotatable bonds is 2. The molecular weight excluding hydrogens is 287 g/mol. The van der Waals surface area contributed by atoms with Gasteiger partial charge in [0.15, 0.2) is 0 Å². The monoisotopic (exact) mass is 303 g/mol. The average molecular weight is 303 g/mol. The zero-order valence-electron chi connectivity index (χ0n) is 11.4. The van der Waals surface area contributed by atoms with Gasteiger partial charge in [-0.2, -0.15) is 13.2 Å². The van der Waals surface area contributed by atoms with Gasteiger partial charge in [-0.15, -0.1) is 0 Å². The summed E-state index contributed by atoms with van der Waals surface area (Å²) in [6.45, 7) is 2.75. The van der Waals surface area contributed by atoms with Crippen LogP contribution in [-0.2, 0) is 10.9 Å². The molecule has 8 heteroatoms. The van der Waals surface area contributed by atoms with Crippen molar-refractivity contribution in [2.45, 2.75) is 25.3 Å². The van der Waals surface area contributed by atoms with Gasteiger partial charge in [0, 0.05) is 25.8 Å². The minimum absolute atomic E-state index is 0.0205. The average Bonchev–Trinajstić information content (AvgIpc) is 2.45. The second-order valence-corrected chi connectivity index (χ2v) is 4.94. The van der Waals surface area contributed by atoms with Crippen LogP contribution in [0.3, 0.4) is 0 Å². The highest BCUT2D eigenvalue weighted by atomic mass is 19.4. The van der Waals surface area contributed by atoms with Crippen LogP contribution < -0.4 is 5.73 Å². The Bertz CT molecular complexity index is 504. The normalized spacial score (nSPS) is 23.2. The molecule has 0 aromatic carbocycles. The van der Waals surface area contributed by atoms with Crippen LogP contribution in [0.4, 0.5) is 13.2 Å². The first-order valence-electron chi connectivity index (χ1n) is 6.49. The Kier molecular flexibility index (Phi) is 4.48. The first kappa shape index (κ1) is 15.7. The highest BCUT2D eigenvalue weighted by molar-refractivity contribution is 5.92. The second kappa shape index (κ2) is 5.98. The Morgan fingerprint density at radius 1 is 1.48 bits per heavy atom. The van der Waals surface area contributed by atoms with Gasteiger partial charge in [-0.3, -0.25) is 9.78 Å². The fourth-order valence-corrected chi connectivity index (χ4v) is 2.19. The Balaban J connectivity index is 2.12. The standard InChI is InChI=1S/C13H16F3N3O2/c1-8-6-19(7-10(4-17)21-8)12(20)11-3-2-9(5-18-11)13(14,15)16/h2-3,5,8,10H,4,6-7,17H2,1H3. The van der Waals surface area contributed by atoms with Crippen molar-refractivity contribution in [1.29, 1.82) is 0 Å². The molecule has 0 aliphatic carbocycles. The molecule has 1 aromatic heterocycles. The predicted molar refractivity (Wildman–Crippen MR) is 68.5 cm³/mol. The molecule has 116 valence electrons. The van der Waals surface area contributed by atoms with E-state index in [-0.39, 0.29) is 24.4 Å². The fraction of sp³-hybridized carbons (Fsp3) is 0.538. The van der Waals surface area contributed by atoms with Crippen molar-refractivity contribution in [1.82, 2.24) is 9.88 Å². The molecule has 2 heterocycles. The van der Waals surface area contributed by atoms with Crippen molar-refractivity contribution in [3.63, 3.8) is 0 Å². The Hall–Kier alpha value is -1.67. The van der Waals surface area contributed by atoms with E-state index >= 15 is 0 Å². The summed E-state index contributed by atoms with van der Waals surface area (Å²) in [5, 5.41) is 0. The van der Waals surface area contributed by atoms with Gasteiger partial charge >= 0.3 is 6.18 Å². The Morgan fingerprint density at radius 3 is 2.71 bits per heavy atom. The van der Waals surface area contributed by atoms with Crippen molar-refractivity contribution < 1.29 is 22.7 Å². The van der Waals surface area contributed by atoms with E-state index in [0.29, 0.717) is 19.3 Å². The number of alkyl halides is 3. The van der Waals surface area contributed by atoms with Crippen LogP contribution in [0.1, 0.15) is 23.0 Å². The number of hydrogen-bond donors (Lipinski definition) is 1. The maximum atomic E-state index is 12.5. The van der Waals surface area contributed by atoms with Crippen molar-refractivity contribution in [2.75, 3.05) is 19.6 Å². The number of pyridine rings is 1. The van der Waals surface area contributed by atoms with Crippen molar-refractivity contribution >= 4 is 5.91 Å². The van der Waals surface area contributed by atoms with Gasteiger partial charge in [0.1, 0.15) is 5.69 Å². The van der Waals surface area contributed by atoms with Crippen LogP contribution in [0.25, 0.3) is 0 Å². The van der Waals surface area contributed by atoms with Crippen molar-refractivity contribution in [3.8, 4) is 0 Å². The lowest BCUT2D eigenvalue weighted by Crippen LogP contribution is -2.51. The summed E-state index contributed by atoms with van der Waals surface area (Å²) in [4.78, 5) is 17.4. The number of halogens is 3. The van der Waals surface area contributed by atoms with E-state index in [2.05, 4.69) is 4.98 Å². The first-order valence-corrected chi connectivity index (χ1v) is 6.49. The zero-order valence-corrected chi connectivity index (χ0v) is 11.4. The number of nitrogens with two attached hydrogens (primary N) is 1. The summed E-state index contributed by atoms with van der Waals surface area (Å²) in [6, 6.07) is 1.94. The molecule has 1 aliphatic heterocycles. The highest BCUT2D eigenvalue weighted by Crippen LogP contribution is 2.28. The maximum Gasteiger partial charge on any atom is 0.417 e. The SMILES string of the molecule is CC1CN(C(=O)c2ccc(C(F)(F)F)cn2)CC(CN)O1. The lowest BCUT2D eigenvalue weighted by molar-refractivity contribution is -0.137. The van der Waals surface area contributed by atoms with Crippen LogP contribution in [0.5, 0.6) is 0 Å². The molecule has 2 rings (SSSR count). The molecule has 1 aliphatic rings. The first-order chi connectivity index (χ1) is 9.81. The summed E-state index contributed by atoms with van der Waals surface area (Å²) in [6.07, 6.45) is -4.25. The lowest BCUT2D eigenvalue weighted by Gasteiger charge is -2.36. The predicted octanol–water partition coefficient (Wildman–Crippen LogP) is 1.29. The molecule has 1 aromatic rings. The van der Waals surface area contributed by atoms with Crippen LogP contribution >= 0.6 is 0 Å². The third-order valence-corrected chi connectivity index (χ3v) is 3.19. The van der Waals surface area contributed by atoms with Crippen LogP contribution in [0.15, 0.2) is 18.3 Å². The molecule has 1 fully saturated rings. The molecule has 0 radical (unpaired) electrons. The van der Waals surface area contributed by atoms with Gasteiger partial charge < -0.3 is 15.4 Å². The van der Waals surface area contributed by atoms with Gasteiger partial charge in [-0.05, 0) is 19.1 Å². The number of ether oxygens (including phenoxy) is 1. The van der Waals surface area contributed by atoms with Crippen LogP contribution in [0, 0.1) is 0 Å². The number of carbonyl (C=O) groups is 1. The summed E-state index contributed by atoms with van der Waals surface area (Å²) in [5.74, 6) is -0.419. The molecule has 1 saturated heterocycles. The van der Waals surface area contributed by atoms with Crippen molar-refractivity contribution in [2.24, 2.45) is 5.73 Å². The maximum absolute atomic E-state index is 12.5. The highest BCUT2D eigenvalue weighted by Gasteiger charge is 2.32. The van der Waals surface area contributed by atoms with E-state index in [9.17, 15) is 18.0 Å². The van der Waals surface area contributed by atoms with Gasteiger partial charge in [0.25, 0.3) is 5.91 Å². The number of morpholine rings is 1. The van der Waals surface area contributed by atoms with Gasteiger partial charge in [0.2, 0.25) is 0 Å². The third kappa shape index (κ3) is 3.70.